The molecule has 3 aromatic rings. The molecule has 0 aromatic heterocycles. The van der Waals surface area contributed by atoms with Crippen molar-refractivity contribution in [3.05, 3.63) is 101 Å². The van der Waals surface area contributed by atoms with Crippen LogP contribution >= 0.6 is 23.4 Å². The molecular formula is C31H36ClN3O4S. The van der Waals surface area contributed by atoms with Gasteiger partial charge in [-0.3, -0.25) is 4.79 Å². The van der Waals surface area contributed by atoms with Crippen LogP contribution in [0.1, 0.15) is 29.9 Å². The van der Waals surface area contributed by atoms with Gasteiger partial charge in [-0.2, -0.15) is 0 Å². The molecule has 3 aromatic carbocycles. The zero-order valence-electron chi connectivity index (χ0n) is 22.6. The van der Waals surface area contributed by atoms with E-state index in [1.165, 1.54) is 7.11 Å². The molecule has 3 atom stereocenters. The van der Waals surface area contributed by atoms with E-state index < -0.39 is 12.1 Å². The van der Waals surface area contributed by atoms with Gasteiger partial charge in [0.05, 0.1) is 19.3 Å². The fraction of sp³-hybridized carbons (Fsp3) is 0.355. The molecule has 2 amide bonds. The molecule has 1 fully saturated rings. The quantitative estimate of drug-likeness (QED) is 0.200. The number of carbonyl (C=O) groups excluding carboxylic acids is 2. The van der Waals surface area contributed by atoms with Crippen molar-refractivity contribution in [3.8, 4) is 0 Å². The molecule has 1 saturated heterocycles. The average Bonchev–Trinajstić information content (AvgIpc) is 3.00. The number of carbonyl (C=O) groups is 2. The lowest BCUT2D eigenvalue weighted by atomic mass is 9.84. The van der Waals surface area contributed by atoms with Gasteiger partial charge in [0.25, 0.3) is 0 Å². The molecule has 0 spiro atoms. The first-order chi connectivity index (χ1) is 19.5. The van der Waals surface area contributed by atoms with Crippen molar-refractivity contribution in [3.63, 3.8) is 0 Å². The van der Waals surface area contributed by atoms with Gasteiger partial charge >= 0.3 is 6.09 Å². The number of rotatable bonds is 12. The van der Waals surface area contributed by atoms with Gasteiger partial charge in [0.2, 0.25) is 5.91 Å². The molecule has 40 heavy (non-hydrogen) atoms. The highest BCUT2D eigenvalue weighted by Crippen LogP contribution is 2.29. The SMILES string of the molecule is COC(=O)N[C@H](C(=O)NCCCC1CNCC(CSc2ccc(Cl)cc2)O1)C(c1ccccc1)c1ccccc1. The fourth-order valence-corrected chi connectivity index (χ4v) is 5.83. The summed E-state index contributed by atoms with van der Waals surface area (Å²) in [7, 11) is 1.30. The zero-order valence-corrected chi connectivity index (χ0v) is 24.1. The number of halogens is 1. The number of hydrogen-bond acceptors (Lipinski definition) is 6. The molecule has 3 N–H and O–H groups in total. The van der Waals surface area contributed by atoms with Crippen LogP contribution in [0.25, 0.3) is 0 Å². The Kier molecular flexibility index (Phi) is 11.7. The summed E-state index contributed by atoms with van der Waals surface area (Å²) >= 11 is 7.74. The summed E-state index contributed by atoms with van der Waals surface area (Å²) in [5.74, 6) is 0.206. The summed E-state index contributed by atoms with van der Waals surface area (Å²) in [5, 5.41) is 10.0. The summed E-state index contributed by atoms with van der Waals surface area (Å²) in [5.41, 5.74) is 1.85. The second-order valence-electron chi connectivity index (χ2n) is 9.65. The summed E-state index contributed by atoms with van der Waals surface area (Å²) in [6.07, 6.45) is 1.10. The Balaban J connectivity index is 1.32. The molecule has 1 heterocycles. The first-order valence-electron chi connectivity index (χ1n) is 13.5. The van der Waals surface area contributed by atoms with Crippen molar-refractivity contribution in [1.29, 1.82) is 0 Å². The van der Waals surface area contributed by atoms with Crippen LogP contribution in [0.4, 0.5) is 4.79 Å². The van der Waals surface area contributed by atoms with Crippen LogP contribution in [0, 0.1) is 0 Å². The van der Waals surface area contributed by atoms with E-state index in [0.29, 0.717) is 6.54 Å². The molecular weight excluding hydrogens is 546 g/mol. The van der Waals surface area contributed by atoms with Crippen molar-refractivity contribution < 1.29 is 19.1 Å². The van der Waals surface area contributed by atoms with Crippen LogP contribution in [0.15, 0.2) is 89.8 Å². The molecule has 0 aliphatic carbocycles. The van der Waals surface area contributed by atoms with E-state index in [1.54, 1.807) is 11.8 Å². The van der Waals surface area contributed by atoms with Gasteiger partial charge in [0.1, 0.15) is 6.04 Å². The topological polar surface area (TPSA) is 88.7 Å². The number of morpholine rings is 1. The van der Waals surface area contributed by atoms with Gasteiger partial charge in [-0.1, -0.05) is 72.3 Å². The van der Waals surface area contributed by atoms with E-state index in [4.69, 9.17) is 21.1 Å². The summed E-state index contributed by atoms with van der Waals surface area (Å²) < 4.78 is 11.2. The monoisotopic (exact) mass is 581 g/mol. The second-order valence-corrected chi connectivity index (χ2v) is 11.2. The molecule has 212 valence electrons. The molecule has 0 radical (unpaired) electrons. The van der Waals surface area contributed by atoms with Crippen molar-refractivity contribution in [2.45, 2.75) is 41.9 Å². The molecule has 7 nitrogen and oxygen atoms in total. The second kappa shape index (κ2) is 15.7. The molecule has 1 aliphatic rings. The third-order valence-corrected chi connectivity index (χ3v) is 8.17. The minimum atomic E-state index is -0.848. The lowest BCUT2D eigenvalue weighted by Gasteiger charge is -2.31. The van der Waals surface area contributed by atoms with E-state index in [1.807, 2.05) is 84.9 Å². The van der Waals surface area contributed by atoms with E-state index >= 15 is 0 Å². The minimum absolute atomic E-state index is 0.0758. The molecule has 9 heteroatoms. The predicted octanol–water partition coefficient (Wildman–Crippen LogP) is 5.24. The lowest BCUT2D eigenvalue weighted by Crippen LogP contribution is -2.50. The van der Waals surface area contributed by atoms with E-state index in [0.717, 1.165) is 52.7 Å². The molecule has 0 bridgehead atoms. The maximum atomic E-state index is 13.5. The number of methoxy groups -OCH3 is 1. The number of thioether (sulfide) groups is 1. The zero-order chi connectivity index (χ0) is 28.2. The van der Waals surface area contributed by atoms with Crippen LogP contribution in [-0.2, 0) is 14.3 Å². The predicted molar refractivity (Wildman–Crippen MR) is 160 cm³/mol. The Labute approximate surface area is 245 Å². The van der Waals surface area contributed by atoms with Gasteiger partial charge in [0, 0.05) is 41.2 Å². The van der Waals surface area contributed by atoms with Gasteiger partial charge in [-0.05, 0) is 48.2 Å². The smallest absolute Gasteiger partial charge is 0.407 e. The fourth-order valence-electron chi connectivity index (χ4n) is 4.80. The number of ether oxygens (including phenoxy) is 2. The largest absolute Gasteiger partial charge is 0.453 e. The highest BCUT2D eigenvalue weighted by Gasteiger charge is 2.32. The standard InChI is InChI=1S/C31H36ClN3O4S/c1-38-31(37)35-29(28(22-9-4-2-5-10-22)23-11-6-3-7-12-23)30(36)34-18-8-13-25-19-33-20-26(39-25)21-40-27-16-14-24(32)15-17-27/h2-7,9-12,14-17,25-26,28-29,33H,8,13,18-21H2,1H3,(H,34,36)(H,35,37)/t25?,26?,29-/m0/s1. The third kappa shape index (κ3) is 8.99. The van der Waals surface area contributed by atoms with Gasteiger partial charge in [-0.15, -0.1) is 11.8 Å². The van der Waals surface area contributed by atoms with Gasteiger partial charge < -0.3 is 25.4 Å². The number of hydrogen-bond donors (Lipinski definition) is 3. The number of benzene rings is 3. The maximum Gasteiger partial charge on any atom is 0.407 e. The first-order valence-corrected chi connectivity index (χ1v) is 14.9. The number of amides is 2. The van der Waals surface area contributed by atoms with Gasteiger partial charge in [0.15, 0.2) is 0 Å². The molecule has 1 aliphatic heterocycles. The Bertz CT molecular complexity index is 1160. The maximum absolute atomic E-state index is 13.5. The Morgan fingerprint density at radius 3 is 2.23 bits per heavy atom. The van der Waals surface area contributed by atoms with Crippen LogP contribution in [0.3, 0.4) is 0 Å². The Hall–Kier alpha value is -3.04. The molecule has 2 unspecified atom stereocenters. The van der Waals surface area contributed by atoms with Crippen LogP contribution in [0.2, 0.25) is 5.02 Å². The summed E-state index contributed by atoms with van der Waals surface area (Å²) in [4.78, 5) is 26.9. The van der Waals surface area contributed by atoms with Crippen molar-refractivity contribution in [2.24, 2.45) is 0 Å². The summed E-state index contributed by atoms with van der Waals surface area (Å²) in [6.45, 7) is 2.07. The van der Waals surface area contributed by atoms with Gasteiger partial charge in [-0.25, -0.2) is 4.79 Å². The van der Waals surface area contributed by atoms with E-state index in [-0.39, 0.29) is 24.0 Å². The van der Waals surface area contributed by atoms with Crippen molar-refractivity contribution >= 4 is 35.4 Å². The number of nitrogens with one attached hydrogen (secondary N) is 3. The Morgan fingerprint density at radius 2 is 1.60 bits per heavy atom. The van der Waals surface area contributed by atoms with E-state index in [9.17, 15) is 9.59 Å². The van der Waals surface area contributed by atoms with Crippen LogP contribution in [0.5, 0.6) is 0 Å². The first kappa shape index (κ1) is 29.9. The van der Waals surface area contributed by atoms with Crippen LogP contribution in [-0.4, -0.2) is 62.7 Å². The minimum Gasteiger partial charge on any atom is -0.453 e. The van der Waals surface area contributed by atoms with Crippen molar-refractivity contribution in [1.82, 2.24) is 16.0 Å². The highest BCUT2D eigenvalue weighted by molar-refractivity contribution is 7.99. The summed E-state index contributed by atoms with van der Waals surface area (Å²) in [6, 6.07) is 26.4. The highest BCUT2D eigenvalue weighted by atomic mass is 35.5. The third-order valence-electron chi connectivity index (χ3n) is 6.77. The Morgan fingerprint density at radius 1 is 0.975 bits per heavy atom. The van der Waals surface area contributed by atoms with Crippen LogP contribution < -0.4 is 16.0 Å². The average molecular weight is 582 g/mol. The lowest BCUT2D eigenvalue weighted by molar-refractivity contribution is -0.123. The molecule has 0 saturated carbocycles. The van der Waals surface area contributed by atoms with Crippen molar-refractivity contribution in [2.75, 3.05) is 32.5 Å². The number of alkyl carbamates (subject to hydrolysis) is 1. The van der Waals surface area contributed by atoms with E-state index in [2.05, 4.69) is 16.0 Å². The molecule has 4 rings (SSSR count). The normalized spacial score (nSPS) is 17.7.